The van der Waals surface area contributed by atoms with Crippen molar-refractivity contribution < 1.29 is 9.60 Å². The maximum atomic E-state index is 12.2. The van der Waals surface area contributed by atoms with Gasteiger partial charge in [-0.05, 0) is 17.7 Å². The van der Waals surface area contributed by atoms with Crippen molar-refractivity contribution in [3.8, 4) is 0 Å². The Hall–Kier alpha value is -0.640. The molecule has 0 heterocycles. The highest BCUT2D eigenvalue weighted by atomic mass is 35.5. The predicted octanol–water partition coefficient (Wildman–Crippen LogP) is 1.73. The molecule has 1 aromatic rings. The molecular weight excluding hydrogens is 169 g/mol. The third-order valence-corrected chi connectivity index (χ3v) is 1.20. The van der Waals surface area contributed by atoms with Crippen molar-refractivity contribution in [3.05, 3.63) is 35.6 Å². The molecule has 2 nitrogen and oxygen atoms in total. The van der Waals surface area contributed by atoms with Gasteiger partial charge in [-0.2, -0.15) is 0 Å². The topological polar surface area (TPSA) is 32.3 Å². The van der Waals surface area contributed by atoms with Crippen LogP contribution >= 0.6 is 12.4 Å². The van der Waals surface area contributed by atoms with E-state index in [0.29, 0.717) is 6.54 Å². The van der Waals surface area contributed by atoms with Gasteiger partial charge in [-0.15, -0.1) is 12.4 Å². The van der Waals surface area contributed by atoms with E-state index in [1.54, 1.807) is 12.1 Å². The third kappa shape index (κ3) is 3.32. The zero-order valence-electron chi connectivity index (χ0n) is 5.75. The summed E-state index contributed by atoms with van der Waals surface area (Å²) in [6.45, 7) is 0.347. The number of rotatable bonds is 2. The molecule has 0 fully saturated rings. The predicted molar refractivity (Wildman–Crippen MR) is 42.3 cm³/mol. The van der Waals surface area contributed by atoms with Crippen molar-refractivity contribution in [1.29, 1.82) is 0 Å². The zero-order chi connectivity index (χ0) is 7.40. The molecule has 0 aliphatic carbocycles. The summed E-state index contributed by atoms with van der Waals surface area (Å²) in [5.41, 5.74) is 2.83. The van der Waals surface area contributed by atoms with Gasteiger partial charge < -0.3 is 5.21 Å². The molecule has 0 radical (unpaired) electrons. The SMILES string of the molecule is Cl.ONCc1ccc(F)cc1. The van der Waals surface area contributed by atoms with E-state index in [0.717, 1.165) is 5.56 Å². The van der Waals surface area contributed by atoms with Gasteiger partial charge in [0.1, 0.15) is 5.82 Å². The van der Waals surface area contributed by atoms with Gasteiger partial charge in [0, 0.05) is 6.54 Å². The normalized spacial score (nSPS) is 8.91. The second-order valence-electron chi connectivity index (χ2n) is 1.96. The maximum Gasteiger partial charge on any atom is 0.123 e. The molecule has 11 heavy (non-hydrogen) atoms. The molecule has 0 saturated heterocycles. The van der Waals surface area contributed by atoms with E-state index in [1.807, 2.05) is 5.48 Å². The minimum Gasteiger partial charge on any atom is -0.316 e. The molecular formula is C7H9ClFNO. The minimum atomic E-state index is -0.262. The van der Waals surface area contributed by atoms with Crippen LogP contribution in [0.4, 0.5) is 4.39 Å². The quantitative estimate of drug-likeness (QED) is 0.675. The van der Waals surface area contributed by atoms with Gasteiger partial charge in [0.25, 0.3) is 0 Å². The highest BCUT2D eigenvalue weighted by Crippen LogP contribution is 2.01. The fraction of sp³-hybridized carbons (Fsp3) is 0.143. The molecule has 1 aromatic carbocycles. The fourth-order valence-electron chi connectivity index (χ4n) is 0.694. The Kier molecular flexibility index (Phi) is 4.77. The van der Waals surface area contributed by atoms with Crippen LogP contribution in [-0.2, 0) is 6.54 Å². The lowest BCUT2D eigenvalue weighted by molar-refractivity contribution is 0.161. The molecule has 1 rings (SSSR count). The van der Waals surface area contributed by atoms with Crippen LogP contribution in [0.3, 0.4) is 0 Å². The van der Waals surface area contributed by atoms with Crippen molar-refractivity contribution in [2.45, 2.75) is 6.54 Å². The van der Waals surface area contributed by atoms with E-state index in [2.05, 4.69) is 0 Å². The number of hydrogen-bond donors (Lipinski definition) is 2. The third-order valence-electron chi connectivity index (χ3n) is 1.20. The highest BCUT2D eigenvalue weighted by molar-refractivity contribution is 5.85. The average molecular weight is 178 g/mol. The summed E-state index contributed by atoms with van der Waals surface area (Å²) in [5.74, 6) is -0.262. The summed E-state index contributed by atoms with van der Waals surface area (Å²) in [6, 6.07) is 5.93. The number of hydroxylamine groups is 1. The lowest BCUT2D eigenvalue weighted by atomic mass is 10.2. The second-order valence-corrected chi connectivity index (χ2v) is 1.96. The zero-order valence-corrected chi connectivity index (χ0v) is 6.57. The van der Waals surface area contributed by atoms with Gasteiger partial charge in [-0.25, -0.2) is 9.87 Å². The molecule has 0 aliphatic rings. The van der Waals surface area contributed by atoms with Crippen LogP contribution in [0.5, 0.6) is 0 Å². The van der Waals surface area contributed by atoms with Crippen LogP contribution in [0.1, 0.15) is 5.56 Å². The fourth-order valence-corrected chi connectivity index (χ4v) is 0.694. The van der Waals surface area contributed by atoms with Crippen molar-refractivity contribution in [1.82, 2.24) is 5.48 Å². The van der Waals surface area contributed by atoms with Crippen molar-refractivity contribution >= 4 is 12.4 Å². The van der Waals surface area contributed by atoms with Gasteiger partial charge in [0.2, 0.25) is 0 Å². The Labute approximate surface area is 70.4 Å². The van der Waals surface area contributed by atoms with Crippen LogP contribution in [0.15, 0.2) is 24.3 Å². The summed E-state index contributed by atoms with van der Waals surface area (Å²) >= 11 is 0. The van der Waals surface area contributed by atoms with Crippen LogP contribution in [-0.4, -0.2) is 5.21 Å². The first-order valence-corrected chi connectivity index (χ1v) is 2.94. The molecule has 0 bridgehead atoms. The number of halogens is 2. The second kappa shape index (κ2) is 5.07. The van der Waals surface area contributed by atoms with Gasteiger partial charge in [-0.3, -0.25) is 0 Å². The van der Waals surface area contributed by atoms with E-state index in [1.165, 1.54) is 12.1 Å². The summed E-state index contributed by atoms with van der Waals surface area (Å²) in [4.78, 5) is 0. The molecule has 0 unspecified atom stereocenters. The van der Waals surface area contributed by atoms with Gasteiger partial charge in [-0.1, -0.05) is 12.1 Å². The molecule has 0 atom stereocenters. The number of hydrogen-bond acceptors (Lipinski definition) is 2. The van der Waals surface area contributed by atoms with Crippen molar-refractivity contribution in [2.75, 3.05) is 0 Å². The first-order valence-electron chi connectivity index (χ1n) is 2.94. The molecule has 0 spiro atoms. The van der Waals surface area contributed by atoms with Crippen molar-refractivity contribution in [2.24, 2.45) is 0 Å². The van der Waals surface area contributed by atoms with Crippen LogP contribution in [0.25, 0.3) is 0 Å². The maximum absolute atomic E-state index is 12.2. The van der Waals surface area contributed by atoms with Crippen LogP contribution in [0.2, 0.25) is 0 Å². The number of benzene rings is 1. The Morgan fingerprint density at radius 3 is 2.27 bits per heavy atom. The van der Waals surface area contributed by atoms with E-state index >= 15 is 0 Å². The summed E-state index contributed by atoms with van der Waals surface area (Å²) < 4.78 is 12.2. The molecule has 0 saturated carbocycles. The van der Waals surface area contributed by atoms with E-state index in [4.69, 9.17) is 5.21 Å². The molecule has 62 valence electrons. The highest BCUT2D eigenvalue weighted by Gasteiger charge is 1.90. The standard InChI is InChI=1S/C7H8FNO.ClH/c8-7-3-1-6(2-4-7)5-9-10;/h1-4,9-10H,5H2;1H. The Morgan fingerprint density at radius 2 is 1.82 bits per heavy atom. The Morgan fingerprint density at radius 1 is 1.27 bits per heavy atom. The monoisotopic (exact) mass is 177 g/mol. The molecule has 0 aromatic heterocycles. The van der Waals surface area contributed by atoms with Crippen LogP contribution < -0.4 is 5.48 Å². The Balaban J connectivity index is 0.000001000. The molecule has 4 heteroatoms. The largest absolute Gasteiger partial charge is 0.316 e. The first kappa shape index (κ1) is 10.4. The van der Waals surface area contributed by atoms with E-state index < -0.39 is 0 Å². The summed E-state index contributed by atoms with van der Waals surface area (Å²) in [7, 11) is 0. The summed E-state index contributed by atoms with van der Waals surface area (Å²) in [6.07, 6.45) is 0. The van der Waals surface area contributed by atoms with Gasteiger partial charge >= 0.3 is 0 Å². The molecule has 0 amide bonds. The first-order chi connectivity index (χ1) is 4.83. The van der Waals surface area contributed by atoms with Gasteiger partial charge in [0.05, 0.1) is 0 Å². The van der Waals surface area contributed by atoms with Crippen molar-refractivity contribution in [3.63, 3.8) is 0 Å². The Bertz CT molecular complexity index is 202. The average Bonchev–Trinajstić information content (AvgIpc) is 1.95. The lowest BCUT2D eigenvalue weighted by Crippen LogP contribution is -2.05. The van der Waals surface area contributed by atoms with E-state index in [-0.39, 0.29) is 18.2 Å². The van der Waals surface area contributed by atoms with E-state index in [9.17, 15) is 4.39 Å². The lowest BCUT2D eigenvalue weighted by Gasteiger charge is -1.96. The smallest absolute Gasteiger partial charge is 0.123 e. The van der Waals surface area contributed by atoms with Gasteiger partial charge in [0.15, 0.2) is 0 Å². The number of nitrogens with one attached hydrogen (secondary N) is 1. The summed E-state index contributed by atoms with van der Waals surface area (Å²) in [5, 5.41) is 8.25. The molecule has 0 aliphatic heterocycles. The van der Waals surface area contributed by atoms with Crippen LogP contribution in [0, 0.1) is 5.82 Å². The molecule has 2 N–H and O–H groups in total. The minimum absolute atomic E-state index is 0.